The third-order valence-corrected chi connectivity index (χ3v) is 1.19. The van der Waals surface area contributed by atoms with Gasteiger partial charge in [0.1, 0.15) is 0 Å². The lowest BCUT2D eigenvalue weighted by Crippen LogP contribution is -2.36. The molecule has 0 amide bonds. The smallest absolute Gasteiger partial charge is 0.0769 e. The van der Waals surface area contributed by atoms with Crippen LogP contribution in [0.5, 0.6) is 0 Å². The van der Waals surface area contributed by atoms with Gasteiger partial charge in [-0.1, -0.05) is 0 Å². The molecule has 0 aromatic carbocycles. The Morgan fingerprint density at radius 2 is 1.89 bits per heavy atom. The Hall–Kier alpha value is -0.120. The van der Waals surface area contributed by atoms with E-state index in [1.54, 1.807) is 14.2 Å². The topological polar surface area (TPSA) is 30.5 Å². The van der Waals surface area contributed by atoms with Crippen molar-refractivity contribution in [1.82, 2.24) is 5.48 Å². The average Bonchev–Trinajstić information content (AvgIpc) is 1.84. The van der Waals surface area contributed by atoms with Gasteiger partial charge in [-0.15, -0.1) is 0 Å². The summed E-state index contributed by atoms with van der Waals surface area (Å²) in [6.07, 6.45) is 0. The van der Waals surface area contributed by atoms with Crippen molar-refractivity contribution in [1.29, 1.82) is 0 Å². The highest BCUT2D eigenvalue weighted by Gasteiger charge is 2.14. The third kappa shape index (κ3) is 4.39. The predicted octanol–water partition coefficient (Wildman–Crippen LogP) is 0.562. The molecule has 0 fully saturated rings. The molecule has 0 rings (SSSR count). The molecule has 0 aliphatic heterocycles. The van der Waals surface area contributed by atoms with Crippen LogP contribution in [0.15, 0.2) is 0 Å². The van der Waals surface area contributed by atoms with Crippen molar-refractivity contribution in [2.24, 2.45) is 0 Å². The number of hydrogen-bond acceptors (Lipinski definition) is 3. The molecule has 3 nitrogen and oxygen atoms in total. The van der Waals surface area contributed by atoms with Gasteiger partial charge in [-0.3, -0.25) is 0 Å². The van der Waals surface area contributed by atoms with Crippen molar-refractivity contribution >= 4 is 0 Å². The van der Waals surface area contributed by atoms with Crippen molar-refractivity contribution in [3.05, 3.63) is 0 Å². The summed E-state index contributed by atoms with van der Waals surface area (Å²) in [7, 11) is 3.27. The molecule has 0 unspecified atom stereocenters. The molecule has 0 aromatic heterocycles. The molecule has 0 atom stereocenters. The molecule has 0 heterocycles. The zero-order valence-corrected chi connectivity index (χ0v) is 6.52. The van der Waals surface area contributed by atoms with Crippen LogP contribution in [-0.4, -0.2) is 26.4 Å². The van der Waals surface area contributed by atoms with E-state index in [1.165, 1.54) is 0 Å². The van der Waals surface area contributed by atoms with Crippen molar-refractivity contribution < 1.29 is 9.57 Å². The predicted molar refractivity (Wildman–Crippen MR) is 36.1 cm³/mol. The lowest BCUT2D eigenvalue weighted by atomic mass is 10.1. The molecule has 0 aliphatic rings. The van der Waals surface area contributed by atoms with E-state index in [-0.39, 0.29) is 5.60 Å². The summed E-state index contributed by atoms with van der Waals surface area (Å²) in [6.45, 7) is 4.66. The Kier molecular flexibility index (Phi) is 3.77. The quantitative estimate of drug-likeness (QED) is 0.568. The number of ether oxygens (including phenoxy) is 1. The second-order valence-electron chi connectivity index (χ2n) is 2.49. The van der Waals surface area contributed by atoms with E-state index in [0.717, 1.165) is 0 Å². The second kappa shape index (κ2) is 3.82. The van der Waals surface area contributed by atoms with Crippen LogP contribution in [0, 0.1) is 0 Å². The van der Waals surface area contributed by atoms with E-state index in [1.807, 2.05) is 13.8 Å². The Morgan fingerprint density at radius 1 is 1.33 bits per heavy atom. The van der Waals surface area contributed by atoms with Crippen LogP contribution < -0.4 is 5.48 Å². The second-order valence-corrected chi connectivity index (χ2v) is 2.49. The molecule has 3 heteroatoms. The number of hydroxylamine groups is 1. The zero-order valence-electron chi connectivity index (χ0n) is 6.52. The highest BCUT2D eigenvalue weighted by molar-refractivity contribution is 4.67. The van der Waals surface area contributed by atoms with Gasteiger partial charge in [-0.05, 0) is 13.8 Å². The van der Waals surface area contributed by atoms with Gasteiger partial charge in [0.15, 0.2) is 0 Å². The molecule has 0 saturated heterocycles. The minimum absolute atomic E-state index is 0.143. The maximum Gasteiger partial charge on any atom is 0.0769 e. The summed E-state index contributed by atoms with van der Waals surface area (Å²) in [5.41, 5.74) is 2.57. The Morgan fingerprint density at radius 3 is 2.22 bits per heavy atom. The van der Waals surface area contributed by atoms with E-state index in [0.29, 0.717) is 6.54 Å². The van der Waals surface area contributed by atoms with Crippen molar-refractivity contribution in [3.63, 3.8) is 0 Å². The molecular weight excluding hydrogens is 118 g/mol. The first-order valence-electron chi connectivity index (χ1n) is 2.93. The Labute approximate surface area is 56.3 Å². The first kappa shape index (κ1) is 8.88. The highest BCUT2D eigenvalue weighted by atomic mass is 16.6. The van der Waals surface area contributed by atoms with Crippen LogP contribution in [0.4, 0.5) is 0 Å². The van der Waals surface area contributed by atoms with E-state index >= 15 is 0 Å². The van der Waals surface area contributed by atoms with Crippen LogP contribution in [0.2, 0.25) is 0 Å². The van der Waals surface area contributed by atoms with E-state index in [9.17, 15) is 0 Å². The Bertz CT molecular complexity index is 73.5. The SMILES string of the molecule is CONCC(C)(C)OC. The van der Waals surface area contributed by atoms with Crippen LogP contribution >= 0.6 is 0 Å². The minimum Gasteiger partial charge on any atom is -0.377 e. The Balaban J connectivity index is 3.33. The van der Waals surface area contributed by atoms with Gasteiger partial charge in [0.05, 0.1) is 12.7 Å². The largest absolute Gasteiger partial charge is 0.377 e. The van der Waals surface area contributed by atoms with E-state index < -0.39 is 0 Å². The van der Waals surface area contributed by atoms with Crippen LogP contribution in [-0.2, 0) is 9.57 Å². The lowest BCUT2D eigenvalue weighted by molar-refractivity contribution is -0.0211. The monoisotopic (exact) mass is 133 g/mol. The fourth-order valence-corrected chi connectivity index (χ4v) is 0.318. The molecule has 0 saturated carbocycles. The maximum atomic E-state index is 5.10. The van der Waals surface area contributed by atoms with Crippen molar-refractivity contribution in [2.45, 2.75) is 19.4 Å². The maximum absolute atomic E-state index is 5.10. The van der Waals surface area contributed by atoms with Crippen molar-refractivity contribution in [2.75, 3.05) is 20.8 Å². The summed E-state index contributed by atoms with van der Waals surface area (Å²) < 4.78 is 5.10. The third-order valence-electron chi connectivity index (χ3n) is 1.19. The highest BCUT2D eigenvalue weighted by Crippen LogP contribution is 2.03. The lowest BCUT2D eigenvalue weighted by Gasteiger charge is -2.21. The summed E-state index contributed by atoms with van der Waals surface area (Å²) >= 11 is 0. The minimum atomic E-state index is -0.143. The van der Waals surface area contributed by atoms with Gasteiger partial charge in [-0.25, -0.2) is 5.48 Å². The van der Waals surface area contributed by atoms with Crippen LogP contribution in [0.1, 0.15) is 13.8 Å². The molecule has 0 aliphatic carbocycles. The van der Waals surface area contributed by atoms with Gasteiger partial charge >= 0.3 is 0 Å². The number of nitrogens with one attached hydrogen (secondary N) is 1. The van der Waals surface area contributed by atoms with E-state index in [2.05, 4.69) is 10.3 Å². The first-order valence-corrected chi connectivity index (χ1v) is 2.93. The molecule has 9 heavy (non-hydrogen) atoms. The fourth-order valence-electron chi connectivity index (χ4n) is 0.318. The molecule has 0 spiro atoms. The molecule has 0 bridgehead atoms. The van der Waals surface area contributed by atoms with Gasteiger partial charge in [0.25, 0.3) is 0 Å². The van der Waals surface area contributed by atoms with Gasteiger partial charge in [0.2, 0.25) is 0 Å². The first-order chi connectivity index (χ1) is 4.12. The van der Waals surface area contributed by atoms with Gasteiger partial charge < -0.3 is 9.57 Å². The summed E-state index contributed by atoms with van der Waals surface area (Å²) in [5, 5.41) is 0. The summed E-state index contributed by atoms with van der Waals surface area (Å²) in [6, 6.07) is 0. The molecule has 1 N–H and O–H groups in total. The zero-order chi connectivity index (χ0) is 7.33. The van der Waals surface area contributed by atoms with Gasteiger partial charge in [-0.2, -0.15) is 0 Å². The molecule has 0 aromatic rings. The summed E-state index contributed by atoms with van der Waals surface area (Å²) in [5.74, 6) is 0. The number of methoxy groups -OCH3 is 1. The standard InChI is InChI=1S/C6H15NO2/c1-6(2,8-3)5-7-9-4/h7H,5H2,1-4H3. The molecule has 56 valence electrons. The molecule has 0 radical (unpaired) electrons. The normalized spacial score (nSPS) is 12.0. The molecular formula is C6H15NO2. The van der Waals surface area contributed by atoms with Crippen LogP contribution in [0.3, 0.4) is 0 Å². The van der Waals surface area contributed by atoms with Gasteiger partial charge in [0, 0.05) is 13.7 Å². The number of rotatable bonds is 4. The van der Waals surface area contributed by atoms with E-state index in [4.69, 9.17) is 4.74 Å². The van der Waals surface area contributed by atoms with Crippen molar-refractivity contribution in [3.8, 4) is 0 Å². The summed E-state index contributed by atoms with van der Waals surface area (Å²) in [4.78, 5) is 4.65. The number of hydrogen-bond donors (Lipinski definition) is 1. The average molecular weight is 133 g/mol. The fraction of sp³-hybridized carbons (Fsp3) is 1.00. The van der Waals surface area contributed by atoms with Crippen LogP contribution in [0.25, 0.3) is 0 Å².